The van der Waals surface area contributed by atoms with Gasteiger partial charge in [0.15, 0.2) is 0 Å². The van der Waals surface area contributed by atoms with Crippen molar-refractivity contribution in [1.82, 2.24) is 19.9 Å². The molecule has 3 aromatic rings. The van der Waals surface area contributed by atoms with E-state index in [4.69, 9.17) is 4.98 Å². The lowest BCUT2D eigenvalue weighted by atomic mass is 10.0. The number of anilines is 4. The van der Waals surface area contributed by atoms with Crippen LogP contribution >= 0.6 is 0 Å². The van der Waals surface area contributed by atoms with Crippen LogP contribution < -0.4 is 15.5 Å². The van der Waals surface area contributed by atoms with Gasteiger partial charge in [0.25, 0.3) is 0 Å². The van der Waals surface area contributed by atoms with Crippen molar-refractivity contribution in [3.63, 3.8) is 0 Å². The third-order valence-electron chi connectivity index (χ3n) is 6.61. The van der Waals surface area contributed by atoms with Crippen LogP contribution in [0.1, 0.15) is 31.4 Å². The zero-order chi connectivity index (χ0) is 23.5. The normalized spacial score (nSPS) is 18.4. The third-order valence-corrected chi connectivity index (χ3v) is 6.61. The number of aliphatic hydroxyl groups is 1. The molecule has 0 spiro atoms. The van der Waals surface area contributed by atoms with Crippen molar-refractivity contribution in [3.8, 4) is 0 Å². The molecule has 1 unspecified atom stereocenters. The summed E-state index contributed by atoms with van der Waals surface area (Å²) in [5, 5.41) is 16.5. The van der Waals surface area contributed by atoms with E-state index >= 15 is 0 Å². The largest absolute Gasteiger partial charge is 0.393 e. The molecule has 3 N–H and O–H groups in total. The highest BCUT2D eigenvalue weighted by Gasteiger charge is 2.34. The Balaban J connectivity index is 1.33. The molecule has 0 radical (unpaired) electrons. The molecule has 2 aromatic heterocycles. The minimum Gasteiger partial charge on any atom is -0.393 e. The number of rotatable bonds is 7. The molecule has 2 saturated heterocycles. The van der Waals surface area contributed by atoms with Crippen molar-refractivity contribution in [3.05, 3.63) is 66.4 Å². The first kappa shape index (κ1) is 22.5. The van der Waals surface area contributed by atoms with Crippen molar-refractivity contribution >= 4 is 23.1 Å². The Bertz CT molecular complexity index is 1080. The predicted molar refractivity (Wildman–Crippen MR) is 131 cm³/mol. The molecule has 0 amide bonds. The molecule has 1 atom stereocenters. The van der Waals surface area contributed by atoms with Crippen molar-refractivity contribution in [2.24, 2.45) is 0 Å². The molecule has 0 aliphatic carbocycles. The summed E-state index contributed by atoms with van der Waals surface area (Å²) in [6, 6.07) is 11.0. The summed E-state index contributed by atoms with van der Waals surface area (Å²) in [5.41, 5.74) is 2.05. The number of aliphatic hydroxyl groups excluding tert-OH is 1. The second kappa shape index (κ2) is 9.90. The standard InChI is InChI=1S/C25H30FN7O/c1-17(18-2-4-19(26)5-3-18)29-23-12-20(13-24(30-23)31-25-14-27-8-9-28-25)33-15-21(16-33)32-10-6-22(34)7-11-32/h2-5,8-9,12-14,17,21-22,34H,6-7,10-11,15-16H2,1H3,(H2,28,29,30,31). The topological polar surface area (TPSA) is 89.4 Å². The van der Waals surface area contributed by atoms with Crippen LogP contribution in [0, 0.1) is 5.82 Å². The fourth-order valence-electron chi connectivity index (χ4n) is 4.54. The van der Waals surface area contributed by atoms with E-state index in [2.05, 4.69) is 36.5 Å². The highest BCUT2D eigenvalue weighted by atomic mass is 19.1. The van der Waals surface area contributed by atoms with Crippen LogP contribution in [-0.4, -0.2) is 63.3 Å². The minimum atomic E-state index is -0.248. The van der Waals surface area contributed by atoms with Gasteiger partial charge in [0.05, 0.1) is 12.3 Å². The van der Waals surface area contributed by atoms with E-state index in [0.717, 1.165) is 56.1 Å². The van der Waals surface area contributed by atoms with Crippen LogP contribution in [0.3, 0.4) is 0 Å². The van der Waals surface area contributed by atoms with Gasteiger partial charge in [-0.1, -0.05) is 12.1 Å². The van der Waals surface area contributed by atoms with E-state index in [1.807, 2.05) is 13.0 Å². The van der Waals surface area contributed by atoms with E-state index in [0.29, 0.717) is 17.7 Å². The Labute approximate surface area is 198 Å². The van der Waals surface area contributed by atoms with Gasteiger partial charge < -0.3 is 20.6 Å². The number of aromatic nitrogens is 3. The average Bonchev–Trinajstić information content (AvgIpc) is 2.80. The number of pyridine rings is 1. The number of piperidine rings is 1. The van der Waals surface area contributed by atoms with E-state index in [1.165, 1.54) is 12.1 Å². The number of nitrogens with zero attached hydrogens (tertiary/aromatic N) is 5. The van der Waals surface area contributed by atoms with Gasteiger partial charge in [0.1, 0.15) is 23.3 Å². The second-order valence-electron chi connectivity index (χ2n) is 9.06. The highest BCUT2D eigenvalue weighted by Crippen LogP contribution is 2.31. The van der Waals surface area contributed by atoms with E-state index in [9.17, 15) is 9.50 Å². The molecule has 9 heteroatoms. The minimum absolute atomic E-state index is 0.0448. The summed E-state index contributed by atoms with van der Waals surface area (Å²) in [6.07, 6.45) is 6.48. The van der Waals surface area contributed by atoms with Gasteiger partial charge in [-0.2, -0.15) is 0 Å². The van der Waals surface area contributed by atoms with Crippen molar-refractivity contribution < 1.29 is 9.50 Å². The smallest absolute Gasteiger partial charge is 0.150 e. The third kappa shape index (κ3) is 5.26. The quantitative estimate of drug-likeness (QED) is 0.490. The predicted octanol–water partition coefficient (Wildman–Crippen LogP) is 3.57. The molecule has 4 heterocycles. The van der Waals surface area contributed by atoms with Crippen LogP contribution in [0.2, 0.25) is 0 Å². The lowest BCUT2D eigenvalue weighted by Crippen LogP contribution is -2.61. The maximum absolute atomic E-state index is 13.3. The summed E-state index contributed by atoms with van der Waals surface area (Å²) in [7, 11) is 0. The molecule has 5 rings (SSSR count). The zero-order valence-corrected chi connectivity index (χ0v) is 19.2. The van der Waals surface area contributed by atoms with E-state index < -0.39 is 0 Å². The van der Waals surface area contributed by atoms with Gasteiger partial charge in [0, 0.05) is 68.5 Å². The highest BCUT2D eigenvalue weighted by molar-refractivity contribution is 5.66. The molecule has 0 bridgehead atoms. The lowest BCUT2D eigenvalue weighted by Gasteiger charge is -2.48. The molecule has 2 fully saturated rings. The second-order valence-corrected chi connectivity index (χ2v) is 9.06. The first-order chi connectivity index (χ1) is 16.5. The van der Waals surface area contributed by atoms with Crippen molar-refractivity contribution in [1.29, 1.82) is 0 Å². The SMILES string of the molecule is CC(Nc1cc(N2CC(N3CCC(O)CC3)C2)cc(Nc2cnccn2)n1)c1ccc(F)cc1. The molecule has 178 valence electrons. The van der Waals surface area contributed by atoms with Gasteiger partial charge in [-0.25, -0.2) is 14.4 Å². The van der Waals surface area contributed by atoms with Gasteiger partial charge in [-0.05, 0) is 37.5 Å². The Hall–Kier alpha value is -3.30. The molecular formula is C25H30FN7O. The monoisotopic (exact) mass is 463 g/mol. The molecule has 1 aromatic carbocycles. The Morgan fingerprint density at radius 3 is 2.47 bits per heavy atom. The molecule has 8 nitrogen and oxygen atoms in total. The van der Waals surface area contributed by atoms with Crippen LogP contribution in [0.25, 0.3) is 0 Å². The number of benzene rings is 1. The Morgan fingerprint density at radius 1 is 1.03 bits per heavy atom. The van der Waals surface area contributed by atoms with Crippen molar-refractivity contribution in [2.45, 2.75) is 38.0 Å². The van der Waals surface area contributed by atoms with Crippen LogP contribution in [0.15, 0.2) is 55.0 Å². The summed E-state index contributed by atoms with van der Waals surface area (Å²) in [6.45, 7) is 5.83. The molecule has 2 aliphatic rings. The van der Waals surface area contributed by atoms with Crippen LogP contribution in [0.4, 0.5) is 27.5 Å². The number of halogens is 1. The van der Waals surface area contributed by atoms with Gasteiger partial charge >= 0.3 is 0 Å². The van der Waals surface area contributed by atoms with Crippen LogP contribution in [0.5, 0.6) is 0 Å². The van der Waals surface area contributed by atoms with E-state index in [1.54, 1.807) is 30.7 Å². The number of likely N-dealkylation sites (tertiary alicyclic amines) is 1. The van der Waals surface area contributed by atoms with Gasteiger partial charge in [0.2, 0.25) is 0 Å². The van der Waals surface area contributed by atoms with Gasteiger partial charge in [-0.15, -0.1) is 0 Å². The fraction of sp³-hybridized carbons (Fsp3) is 0.400. The Morgan fingerprint density at radius 2 is 1.76 bits per heavy atom. The lowest BCUT2D eigenvalue weighted by molar-refractivity contribution is 0.0531. The maximum Gasteiger partial charge on any atom is 0.150 e. The maximum atomic E-state index is 13.3. The molecule has 34 heavy (non-hydrogen) atoms. The number of hydrogen-bond donors (Lipinski definition) is 3. The molecular weight excluding hydrogens is 433 g/mol. The van der Waals surface area contributed by atoms with Crippen molar-refractivity contribution in [2.75, 3.05) is 41.7 Å². The van der Waals surface area contributed by atoms with E-state index in [-0.39, 0.29) is 18.0 Å². The number of hydrogen-bond acceptors (Lipinski definition) is 8. The summed E-state index contributed by atoms with van der Waals surface area (Å²) in [4.78, 5) is 18.0. The summed E-state index contributed by atoms with van der Waals surface area (Å²) in [5.74, 6) is 1.78. The first-order valence-electron chi connectivity index (χ1n) is 11.8. The first-order valence-corrected chi connectivity index (χ1v) is 11.8. The average molecular weight is 464 g/mol. The summed E-state index contributed by atoms with van der Waals surface area (Å²) < 4.78 is 13.3. The molecule has 0 saturated carbocycles. The van der Waals surface area contributed by atoms with Gasteiger partial charge in [-0.3, -0.25) is 9.88 Å². The summed E-state index contributed by atoms with van der Waals surface area (Å²) >= 11 is 0. The van der Waals surface area contributed by atoms with Crippen LogP contribution in [-0.2, 0) is 0 Å². The molecule has 2 aliphatic heterocycles. The number of nitrogens with one attached hydrogen (secondary N) is 2. The Kier molecular flexibility index (Phi) is 6.55. The fourth-order valence-corrected chi connectivity index (χ4v) is 4.54. The zero-order valence-electron chi connectivity index (χ0n) is 19.2.